The molecule has 0 radical (unpaired) electrons. The van der Waals surface area contributed by atoms with Gasteiger partial charge in [-0.15, -0.1) is 0 Å². The van der Waals surface area contributed by atoms with Gasteiger partial charge < -0.3 is 5.32 Å². The lowest BCUT2D eigenvalue weighted by Gasteiger charge is -2.27. The minimum atomic E-state index is 0.828. The molecule has 0 saturated carbocycles. The van der Waals surface area contributed by atoms with Crippen LogP contribution >= 0.6 is 0 Å². The molecule has 0 amide bonds. The van der Waals surface area contributed by atoms with Gasteiger partial charge in [0.2, 0.25) is 0 Å². The molecule has 8 heavy (non-hydrogen) atoms. The molecule has 0 bridgehead atoms. The quantitative estimate of drug-likeness (QED) is 0.481. The van der Waals surface area contributed by atoms with E-state index in [1.807, 2.05) is 0 Å². The monoisotopic (exact) mass is 114 g/mol. The van der Waals surface area contributed by atoms with Crippen molar-refractivity contribution in [2.75, 3.05) is 26.8 Å². The van der Waals surface area contributed by atoms with Crippen LogP contribution in [0.5, 0.6) is 0 Å². The molecular formula is C6H14N2. The molecule has 1 fully saturated rings. The highest BCUT2D eigenvalue weighted by atomic mass is 15.2. The molecule has 1 aliphatic rings. The van der Waals surface area contributed by atoms with E-state index < -0.39 is 0 Å². The molecule has 1 heterocycles. The van der Waals surface area contributed by atoms with Crippen molar-refractivity contribution in [1.29, 1.82) is 0 Å². The number of nitrogens with zero attached hydrogens (tertiary/aromatic N) is 1. The van der Waals surface area contributed by atoms with Gasteiger partial charge in [0.1, 0.15) is 0 Å². The molecule has 0 aliphatic carbocycles. The standard InChI is InChI=1S/C6H14N2/c1-6-3-7-5-8(2)4-6/h6-7H,3-5H2,1-2H3/t6-/m1/s1. The maximum Gasteiger partial charge on any atom is 0.0477 e. The van der Waals surface area contributed by atoms with Crippen molar-refractivity contribution >= 4 is 0 Å². The highest BCUT2D eigenvalue weighted by Crippen LogP contribution is 1.99. The van der Waals surface area contributed by atoms with Crippen molar-refractivity contribution in [3.05, 3.63) is 0 Å². The Morgan fingerprint density at radius 1 is 1.62 bits per heavy atom. The van der Waals surface area contributed by atoms with Gasteiger partial charge in [-0.05, 0) is 13.0 Å². The molecule has 1 saturated heterocycles. The Balaban J connectivity index is 2.23. The summed E-state index contributed by atoms with van der Waals surface area (Å²) in [7, 11) is 2.14. The second-order valence-corrected chi connectivity index (χ2v) is 2.76. The number of hydrogen-bond donors (Lipinski definition) is 1. The first-order valence-electron chi connectivity index (χ1n) is 3.18. The summed E-state index contributed by atoms with van der Waals surface area (Å²) in [4.78, 5) is 2.30. The Bertz CT molecular complexity index is 64.9. The van der Waals surface area contributed by atoms with Crippen LogP contribution in [0.2, 0.25) is 0 Å². The average molecular weight is 114 g/mol. The molecule has 1 N–H and O–H groups in total. The maximum absolute atomic E-state index is 3.31. The lowest BCUT2D eigenvalue weighted by Crippen LogP contribution is -2.43. The van der Waals surface area contributed by atoms with Crippen molar-refractivity contribution in [2.45, 2.75) is 6.92 Å². The van der Waals surface area contributed by atoms with E-state index in [9.17, 15) is 0 Å². The third-order valence-corrected chi connectivity index (χ3v) is 1.50. The molecule has 0 aromatic rings. The second-order valence-electron chi connectivity index (χ2n) is 2.76. The van der Waals surface area contributed by atoms with Gasteiger partial charge in [-0.2, -0.15) is 0 Å². The van der Waals surface area contributed by atoms with Crippen molar-refractivity contribution in [2.24, 2.45) is 5.92 Å². The van der Waals surface area contributed by atoms with E-state index in [0.29, 0.717) is 0 Å². The van der Waals surface area contributed by atoms with E-state index in [1.54, 1.807) is 0 Å². The van der Waals surface area contributed by atoms with Crippen LogP contribution in [-0.2, 0) is 0 Å². The molecule has 0 aromatic carbocycles. The van der Waals surface area contributed by atoms with E-state index >= 15 is 0 Å². The van der Waals surface area contributed by atoms with Gasteiger partial charge >= 0.3 is 0 Å². The van der Waals surface area contributed by atoms with Crippen LogP contribution in [0.25, 0.3) is 0 Å². The fourth-order valence-electron chi connectivity index (χ4n) is 1.16. The van der Waals surface area contributed by atoms with Gasteiger partial charge in [0.15, 0.2) is 0 Å². The zero-order valence-electron chi connectivity index (χ0n) is 5.65. The summed E-state index contributed by atoms with van der Waals surface area (Å²) in [6.07, 6.45) is 0. The van der Waals surface area contributed by atoms with E-state index in [0.717, 1.165) is 12.6 Å². The molecule has 2 heteroatoms. The molecule has 1 rings (SSSR count). The Morgan fingerprint density at radius 2 is 2.38 bits per heavy atom. The number of nitrogens with one attached hydrogen (secondary N) is 1. The first-order chi connectivity index (χ1) is 3.79. The van der Waals surface area contributed by atoms with Gasteiger partial charge in [0, 0.05) is 19.8 Å². The van der Waals surface area contributed by atoms with Gasteiger partial charge in [-0.1, -0.05) is 6.92 Å². The average Bonchev–Trinajstić information content (AvgIpc) is 1.64. The summed E-state index contributed by atoms with van der Waals surface area (Å²) >= 11 is 0. The molecule has 0 aromatic heterocycles. The fourth-order valence-corrected chi connectivity index (χ4v) is 1.16. The Hall–Kier alpha value is -0.0800. The topological polar surface area (TPSA) is 15.3 Å². The van der Waals surface area contributed by atoms with Crippen LogP contribution in [0.4, 0.5) is 0 Å². The first kappa shape index (κ1) is 6.05. The Morgan fingerprint density at radius 3 is 2.75 bits per heavy atom. The summed E-state index contributed by atoms with van der Waals surface area (Å²) in [5, 5.41) is 3.31. The van der Waals surface area contributed by atoms with Crippen molar-refractivity contribution < 1.29 is 0 Å². The SMILES string of the molecule is C[C@@H]1CNCN(C)C1. The van der Waals surface area contributed by atoms with Crippen LogP contribution in [0.15, 0.2) is 0 Å². The van der Waals surface area contributed by atoms with Crippen molar-refractivity contribution in [3.63, 3.8) is 0 Å². The lowest BCUT2D eigenvalue weighted by atomic mass is 10.1. The summed E-state index contributed by atoms with van der Waals surface area (Å²) in [5.74, 6) is 0.828. The van der Waals surface area contributed by atoms with Gasteiger partial charge in [0.25, 0.3) is 0 Å². The van der Waals surface area contributed by atoms with E-state index in [4.69, 9.17) is 0 Å². The van der Waals surface area contributed by atoms with Crippen molar-refractivity contribution in [3.8, 4) is 0 Å². The van der Waals surface area contributed by atoms with Crippen LogP contribution in [0, 0.1) is 5.92 Å². The minimum absolute atomic E-state index is 0.828. The van der Waals surface area contributed by atoms with Gasteiger partial charge in [0.05, 0.1) is 0 Å². The molecular weight excluding hydrogens is 100 g/mol. The summed E-state index contributed by atoms with van der Waals surface area (Å²) in [6, 6.07) is 0. The Labute approximate surface area is 50.9 Å². The highest BCUT2D eigenvalue weighted by molar-refractivity contribution is 4.65. The predicted octanol–water partition coefficient (Wildman–Crippen LogP) is 0.115. The number of hydrogen-bond acceptors (Lipinski definition) is 2. The summed E-state index contributed by atoms with van der Waals surface area (Å²) in [6.45, 7) is 5.75. The molecule has 1 atom stereocenters. The van der Waals surface area contributed by atoms with Gasteiger partial charge in [-0.3, -0.25) is 4.90 Å². The van der Waals surface area contributed by atoms with Crippen LogP contribution in [0.1, 0.15) is 6.92 Å². The molecule has 0 spiro atoms. The van der Waals surface area contributed by atoms with Crippen LogP contribution < -0.4 is 5.32 Å². The minimum Gasteiger partial charge on any atom is -0.304 e. The number of rotatable bonds is 0. The highest BCUT2D eigenvalue weighted by Gasteiger charge is 2.10. The third kappa shape index (κ3) is 1.46. The Kier molecular flexibility index (Phi) is 1.86. The predicted molar refractivity (Wildman–Crippen MR) is 34.7 cm³/mol. The lowest BCUT2D eigenvalue weighted by molar-refractivity contribution is 0.212. The van der Waals surface area contributed by atoms with E-state index in [1.165, 1.54) is 13.1 Å². The van der Waals surface area contributed by atoms with E-state index in [2.05, 4.69) is 24.2 Å². The maximum atomic E-state index is 3.31. The summed E-state index contributed by atoms with van der Waals surface area (Å²) in [5.41, 5.74) is 0. The summed E-state index contributed by atoms with van der Waals surface area (Å²) < 4.78 is 0. The van der Waals surface area contributed by atoms with E-state index in [-0.39, 0.29) is 0 Å². The smallest absolute Gasteiger partial charge is 0.0477 e. The molecule has 0 unspecified atom stereocenters. The van der Waals surface area contributed by atoms with Crippen LogP contribution in [-0.4, -0.2) is 31.7 Å². The second kappa shape index (κ2) is 2.46. The van der Waals surface area contributed by atoms with Crippen LogP contribution in [0.3, 0.4) is 0 Å². The molecule has 1 aliphatic heterocycles. The zero-order valence-corrected chi connectivity index (χ0v) is 5.65. The van der Waals surface area contributed by atoms with Gasteiger partial charge in [-0.25, -0.2) is 0 Å². The fraction of sp³-hybridized carbons (Fsp3) is 1.00. The zero-order chi connectivity index (χ0) is 5.98. The van der Waals surface area contributed by atoms with Crippen molar-refractivity contribution in [1.82, 2.24) is 10.2 Å². The molecule has 48 valence electrons. The first-order valence-corrected chi connectivity index (χ1v) is 3.18. The third-order valence-electron chi connectivity index (χ3n) is 1.50. The largest absolute Gasteiger partial charge is 0.304 e. The molecule has 2 nitrogen and oxygen atoms in total. The normalized spacial score (nSPS) is 33.0.